The average molecular weight is 246 g/mol. The van der Waals surface area contributed by atoms with Crippen LogP contribution in [0, 0.1) is 6.92 Å². The predicted molar refractivity (Wildman–Crippen MR) is 59.5 cm³/mol. The largest absolute Gasteiger partial charge is 0.397 e. The Kier molecular flexibility index (Phi) is 3.98. The molecule has 0 unspecified atom stereocenters. The van der Waals surface area contributed by atoms with Gasteiger partial charge in [0, 0.05) is 6.42 Å². The fraction of sp³-hybridized carbons (Fsp3) is 0.364. The maximum Gasteiger partial charge on any atom is 0.389 e. The Bertz CT molecular complexity index is 416. The number of anilines is 2. The fourth-order valence-electron chi connectivity index (χ4n) is 1.26. The van der Waals surface area contributed by atoms with Crippen molar-refractivity contribution < 1.29 is 18.0 Å². The van der Waals surface area contributed by atoms with Gasteiger partial charge in [0.05, 0.1) is 17.8 Å². The summed E-state index contributed by atoms with van der Waals surface area (Å²) in [6.45, 7) is 1.83. The topological polar surface area (TPSA) is 55.1 Å². The van der Waals surface area contributed by atoms with Crippen molar-refractivity contribution in [1.82, 2.24) is 0 Å². The molecule has 0 heterocycles. The van der Waals surface area contributed by atoms with Crippen LogP contribution in [0.1, 0.15) is 18.4 Å². The van der Waals surface area contributed by atoms with Gasteiger partial charge in [0.15, 0.2) is 0 Å². The summed E-state index contributed by atoms with van der Waals surface area (Å²) in [5.41, 5.74) is 7.20. The van der Waals surface area contributed by atoms with Crippen molar-refractivity contribution in [3.05, 3.63) is 23.8 Å². The van der Waals surface area contributed by atoms with Crippen LogP contribution >= 0.6 is 0 Å². The molecular formula is C11H13F3N2O. The van der Waals surface area contributed by atoms with E-state index >= 15 is 0 Å². The van der Waals surface area contributed by atoms with Gasteiger partial charge in [-0.25, -0.2) is 0 Å². The lowest BCUT2D eigenvalue weighted by Crippen LogP contribution is -2.17. The molecule has 0 aromatic heterocycles. The molecule has 1 rings (SSSR count). The Labute approximate surface area is 96.8 Å². The molecular weight excluding hydrogens is 233 g/mol. The Morgan fingerprint density at radius 1 is 1.41 bits per heavy atom. The van der Waals surface area contributed by atoms with E-state index in [9.17, 15) is 18.0 Å². The number of carbonyl (C=O) groups excluding carboxylic acids is 1. The molecule has 0 aliphatic carbocycles. The standard InChI is InChI=1S/C11H13F3N2O/c1-7-2-3-9(8(15)6-7)16-10(17)4-5-11(12,13)14/h2-3,6H,4-5,15H2,1H3,(H,16,17). The van der Waals surface area contributed by atoms with Crippen LogP contribution in [0.25, 0.3) is 0 Å². The molecule has 0 aliphatic heterocycles. The first-order valence-corrected chi connectivity index (χ1v) is 5.00. The SMILES string of the molecule is Cc1ccc(NC(=O)CCC(F)(F)F)c(N)c1. The van der Waals surface area contributed by atoms with E-state index in [0.29, 0.717) is 11.4 Å². The monoisotopic (exact) mass is 246 g/mol. The number of halogens is 3. The summed E-state index contributed by atoms with van der Waals surface area (Å²) in [4.78, 5) is 11.2. The van der Waals surface area contributed by atoms with Crippen LogP contribution in [0.5, 0.6) is 0 Å². The minimum Gasteiger partial charge on any atom is -0.397 e. The van der Waals surface area contributed by atoms with Gasteiger partial charge < -0.3 is 11.1 Å². The van der Waals surface area contributed by atoms with Crippen LogP contribution in [0.4, 0.5) is 24.5 Å². The Hall–Kier alpha value is -1.72. The maximum absolute atomic E-state index is 11.9. The van der Waals surface area contributed by atoms with E-state index in [1.165, 1.54) is 0 Å². The number of hydrogen-bond donors (Lipinski definition) is 2. The zero-order valence-corrected chi connectivity index (χ0v) is 9.27. The fourth-order valence-corrected chi connectivity index (χ4v) is 1.26. The van der Waals surface area contributed by atoms with Crippen LogP contribution in [0.15, 0.2) is 18.2 Å². The molecule has 0 radical (unpaired) electrons. The minimum atomic E-state index is -4.32. The molecule has 1 aromatic rings. The number of amides is 1. The highest BCUT2D eigenvalue weighted by Crippen LogP contribution is 2.23. The average Bonchev–Trinajstić information content (AvgIpc) is 2.18. The van der Waals surface area contributed by atoms with E-state index < -0.39 is 24.9 Å². The summed E-state index contributed by atoms with van der Waals surface area (Å²) in [5, 5.41) is 2.35. The van der Waals surface area contributed by atoms with Gasteiger partial charge in [0.2, 0.25) is 5.91 Å². The van der Waals surface area contributed by atoms with Crippen LogP contribution in [-0.4, -0.2) is 12.1 Å². The third kappa shape index (κ3) is 4.76. The number of hydrogen-bond acceptors (Lipinski definition) is 2. The molecule has 0 aliphatic rings. The predicted octanol–water partition coefficient (Wildman–Crippen LogP) is 2.86. The van der Waals surface area contributed by atoms with Crippen LogP contribution < -0.4 is 11.1 Å². The normalized spacial score (nSPS) is 11.3. The molecule has 0 saturated heterocycles. The molecule has 17 heavy (non-hydrogen) atoms. The number of nitrogen functional groups attached to an aromatic ring is 1. The molecule has 0 fully saturated rings. The van der Waals surface area contributed by atoms with Gasteiger partial charge in [0.25, 0.3) is 0 Å². The van der Waals surface area contributed by atoms with E-state index in [-0.39, 0.29) is 0 Å². The first-order valence-electron chi connectivity index (χ1n) is 5.00. The molecule has 6 heteroatoms. The third-order valence-electron chi connectivity index (χ3n) is 2.12. The van der Waals surface area contributed by atoms with Gasteiger partial charge in [-0.05, 0) is 24.6 Å². The van der Waals surface area contributed by atoms with Crippen molar-refractivity contribution >= 4 is 17.3 Å². The van der Waals surface area contributed by atoms with Gasteiger partial charge in [-0.1, -0.05) is 6.07 Å². The molecule has 94 valence electrons. The summed E-state index contributed by atoms with van der Waals surface area (Å²) in [6, 6.07) is 4.92. The van der Waals surface area contributed by atoms with Crippen molar-refractivity contribution in [2.75, 3.05) is 11.1 Å². The second-order valence-electron chi connectivity index (χ2n) is 3.75. The van der Waals surface area contributed by atoms with Crippen molar-refractivity contribution in [1.29, 1.82) is 0 Å². The second kappa shape index (κ2) is 5.07. The quantitative estimate of drug-likeness (QED) is 0.806. The van der Waals surface area contributed by atoms with E-state index in [2.05, 4.69) is 5.32 Å². The number of benzene rings is 1. The number of nitrogens with one attached hydrogen (secondary N) is 1. The molecule has 0 bridgehead atoms. The van der Waals surface area contributed by atoms with Gasteiger partial charge in [-0.3, -0.25) is 4.79 Å². The van der Waals surface area contributed by atoms with Crippen LogP contribution in [0.2, 0.25) is 0 Å². The highest BCUT2D eigenvalue weighted by molar-refractivity contribution is 5.93. The van der Waals surface area contributed by atoms with Crippen molar-refractivity contribution in [2.45, 2.75) is 25.9 Å². The Balaban J connectivity index is 2.57. The number of nitrogens with two attached hydrogens (primary N) is 1. The first-order chi connectivity index (χ1) is 7.78. The highest BCUT2D eigenvalue weighted by Gasteiger charge is 2.27. The maximum atomic E-state index is 11.9. The Morgan fingerprint density at radius 2 is 2.06 bits per heavy atom. The molecule has 0 atom stereocenters. The molecule has 1 amide bonds. The summed E-state index contributed by atoms with van der Waals surface area (Å²) >= 11 is 0. The number of alkyl halides is 3. The van der Waals surface area contributed by atoms with Crippen molar-refractivity contribution in [3.8, 4) is 0 Å². The van der Waals surface area contributed by atoms with E-state index in [1.807, 2.05) is 6.92 Å². The number of aryl methyl sites for hydroxylation is 1. The van der Waals surface area contributed by atoms with Crippen molar-refractivity contribution in [2.24, 2.45) is 0 Å². The lowest BCUT2D eigenvalue weighted by Gasteiger charge is -2.09. The van der Waals surface area contributed by atoms with Gasteiger partial charge in [0.1, 0.15) is 0 Å². The molecule has 3 nitrogen and oxygen atoms in total. The third-order valence-corrected chi connectivity index (χ3v) is 2.12. The molecule has 0 spiro atoms. The molecule has 1 aromatic carbocycles. The van der Waals surface area contributed by atoms with Crippen molar-refractivity contribution in [3.63, 3.8) is 0 Å². The molecule has 3 N–H and O–H groups in total. The van der Waals surface area contributed by atoms with E-state index in [1.54, 1.807) is 18.2 Å². The van der Waals surface area contributed by atoms with Crippen LogP contribution in [-0.2, 0) is 4.79 Å². The number of rotatable bonds is 3. The second-order valence-corrected chi connectivity index (χ2v) is 3.75. The highest BCUT2D eigenvalue weighted by atomic mass is 19.4. The zero-order chi connectivity index (χ0) is 13.1. The van der Waals surface area contributed by atoms with Crippen LogP contribution in [0.3, 0.4) is 0 Å². The summed E-state index contributed by atoms with van der Waals surface area (Å²) in [6.07, 6.45) is -6.06. The summed E-state index contributed by atoms with van der Waals surface area (Å²) < 4.78 is 35.6. The lowest BCUT2D eigenvalue weighted by atomic mass is 10.2. The van der Waals surface area contributed by atoms with E-state index in [4.69, 9.17) is 5.73 Å². The number of carbonyl (C=O) groups is 1. The Morgan fingerprint density at radius 3 is 2.59 bits per heavy atom. The zero-order valence-electron chi connectivity index (χ0n) is 9.27. The minimum absolute atomic E-state index is 0.336. The lowest BCUT2D eigenvalue weighted by molar-refractivity contribution is -0.142. The van der Waals surface area contributed by atoms with Gasteiger partial charge in [-0.2, -0.15) is 13.2 Å². The summed E-state index contributed by atoms with van der Waals surface area (Å²) in [7, 11) is 0. The van der Waals surface area contributed by atoms with E-state index in [0.717, 1.165) is 5.56 Å². The first kappa shape index (κ1) is 13.3. The smallest absolute Gasteiger partial charge is 0.389 e. The van der Waals surface area contributed by atoms with Gasteiger partial charge >= 0.3 is 6.18 Å². The van der Waals surface area contributed by atoms with Gasteiger partial charge in [-0.15, -0.1) is 0 Å². The molecule has 0 saturated carbocycles. The summed E-state index contributed by atoms with van der Waals surface area (Å²) in [5.74, 6) is -0.696.